The van der Waals surface area contributed by atoms with Gasteiger partial charge in [0, 0.05) is 20.0 Å². The monoisotopic (exact) mass is 390 g/mol. The van der Waals surface area contributed by atoms with E-state index < -0.39 is 0 Å². The summed E-state index contributed by atoms with van der Waals surface area (Å²) in [5, 5.41) is 0. The summed E-state index contributed by atoms with van der Waals surface area (Å²) in [6.07, 6.45) is 3.21. The van der Waals surface area contributed by atoms with Gasteiger partial charge >= 0.3 is 0 Å². The van der Waals surface area contributed by atoms with Crippen molar-refractivity contribution >= 4 is 18.2 Å². The maximum Gasteiger partial charge on any atom is 0.102 e. The normalized spacial score (nSPS) is 15.8. The van der Waals surface area contributed by atoms with Gasteiger partial charge in [-0.15, -0.1) is 12.4 Å². The third-order valence-corrected chi connectivity index (χ3v) is 5.30. The molecule has 0 bridgehead atoms. The lowest BCUT2D eigenvalue weighted by Crippen LogP contribution is -2.25. The van der Waals surface area contributed by atoms with Crippen molar-refractivity contribution in [2.75, 3.05) is 7.05 Å². The van der Waals surface area contributed by atoms with Crippen molar-refractivity contribution in [1.29, 1.82) is 0 Å². The highest BCUT2D eigenvalue weighted by atomic mass is 35.5. The van der Waals surface area contributed by atoms with Crippen molar-refractivity contribution in [2.24, 2.45) is 4.99 Å². The number of aryl methyl sites for hydroxylation is 1. The molecule has 2 nitrogen and oxygen atoms in total. The Hall–Kier alpha value is -2.58. The topological polar surface area (TPSA) is 15.6 Å². The number of nitrogens with zero attached hydrogens (tertiary/aromatic N) is 2. The van der Waals surface area contributed by atoms with E-state index in [1.165, 1.54) is 28.1 Å². The van der Waals surface area contributed by atoms with Gasteiger partial charge in [-0.1, -0.05) is 84.9 Å². The van der Waals surface area contributed by atoms with Gasteiger partial charge in [-0.25, -0.2) is 0 Å². The first kappa shape index (κ1) is 20.2. The Bertz CT molecular complexity index is 906. The summed E-state index contributed by atoms with van der Waals surface area (Å²) in [5.74, 6) is 1.20. The van der Waals surface area contributed by atoms with Crippen molar-refractivity contribution in [3.63, 3.8) is 0 Å². The van der Waals surface area contributed by atoms with Crippen molar-refractivity contribution < 1.29 is 0 Å². The summed E-state index contributed by atoms with van der Waals surface area (Å²) in [6.45, 7) is 0.920. The lowest BCUT2D eigenvalue weighted by molar-refractivity contribution is 0.488. The summed E-state index contributed by atoms with van der Waals surface area (Å²) in [5.41, 5.74) is 5.36. The first-order valence-electron chi connectivity index (χ1n) is 9.76. The lowest BCUT2D eigenvalue weighted by Gasteiger charge is -2.20. The van der Waals surface area contributed by atoms with E-state index in [2.05, 4.69) is 96.9 Å². The maximum atomic E-state index is 5.24. The first-order chi connectivity index (χ1) is 13.3. The third-order valence-electron chi connectivity index (χ3n) is 5.30. The lowest BCUT2D eigenvalue weighted by atomic mass is 9.95. The Morgan fingerprint density at radius 3 is 2.21 bits per heavy atom. The molecule has 1 heterocycles. The van der Waals surface area contributed by atoms with Crippen molar-refractivity contribution in [1.82, 2.24) is 4.90 Å². The molecule has 1 unspecified atom stereocenters. The maximum absolute atomic E-state index is 5.24. The molecule has 0 amide bonds. The molecule has 3 heteroatoms. The molecule has 28 heavy (non-hydrogen) atoms. The smallest absolute Gasteiger partial charge is 0.102 e. The molecule has 0 fully saturated rings. The summed E-state index contributed by atoms with van der Waals surface area (Å²) < 4.78 is 0. The molecular formula is C25H27ClN2. The Balaban J connectivity index is 0.00000225. The Kier molecular flexibility index (Phi) is 6.89. The van der Waals surface area contributed by atoms with E-state index in [4.69, 9.17) is 4.99 Å². The minimum Gasteiger partial charge on any atom is -0.359 e. The van der Waals surface area contributed by atoms with Crippen LogP contribution in [0, 0.1) is 0 Å². The van der Waals surface area contributed by atoms with Crippen LogP contribution in [0.15, 0.2) is 89.9 Å². The van der Waals surface area contributed by atoms with Crippen LogP contribution in [0.3, 0.4) is 0 Å². The quantitative estimate of drug-likeness (QED) is 0.516. The molecule has 0 saturated heterocycles. The number of fused-ring (bicyclic) bond motifs is 1. The number of amidine groups is 1. The van der Waals surface area contributed by atoms with E-state index in [0.717, 1.165) is 25.8 Å². The number of hydrogen-bond donors (Lipinski definition) is 0. The minimum atomic E-state index is 0. The van der Waals surface area contributed by atoms with Crippen LogP contribution in [-0.4, -0.2) is 17.8 Å². The largest absolute Gasteiger partial charge is 0.359 e. The molecule has 1 atom stereocenters. The summed E-state index contributed by atoms with van der Waals surface area (Å²) in [7, 11) is 2.17. The summed E-state index contributed by atoms with van der Waals surface area (Å²) >= 11 is 0. The molecule has 4 rings (SSSR count). The number of halogens is 1. The second-order valence-electron chi connectivity index (χ2n) is 7.25. The fraction of sp³-hybridized carbons (Fsp3) is 0.240. The van der Waals surface area contributed by atoms with Gasteiger partial charge in [-0.05, 0) is 35.1 Å². The Morgan fingerprint density at radius 2 is 1.46 bits per heavy atom. The standard InChI is InChI=1S/C25H26N2.ClH/c1-27-19-22-16-8-9-17-23(22)25(21-14-6-3-7-15-21)26-24(27)18-10-13-20-11-4-2-5-12-20;/h2-9,11-12,14-17,25H,10,13,18-19H2,1H3;1H. The molecule has 0 aromatic heterocycles. The summed E-state index contributed by atoms with van der Waals surface area (Å²) in [4.78, 5) is 7.57. The van der Waals surface area contributed by atoms with Gasteiger partial charge in [0.15, 0.2) is 0 Å². The highest BCUT2D eigenvalue weighted by molar-refractivity contribution is 5.85. The molecule has 144 valence electrons. The van der Waals surface area contributed by atoms with Gasteiger partial charge in [-0.2, -0.15) is 0 Å². The molecule has 1 aliphatic heterocycles. The third kappa shape index (κ3) is 4.63. The predicted octanol–water partition coefficient (Wildman–Crippen LogP) is 6.06. The number of aliphatic imine (C=N–C) groups is 1. The zero-order valence-electron chi connectivity index (χ0n) is 16.3. The predicted molar refractivity (Wildman–Crippen MR) is 120 cm³/mol. The van der Waals surface area contributed by atoms with Crippen LogP contribution in [-0.2, 0) is 13.0 Å². The number of benzene rings is 3. The van der Waals surface area contributed by atoms with Crippen LogP contribution >= 0.6 is 12.4 Å². The number of hydrogen-bond acceptors (Lipinski definition) is 2. The molecule has 0 saturated carbocycles. The number of rotatable bonds is 5. The van der Waals surface area contributed by atoms with Crippen LogP contribution in [0.4, 0.5) is 0 Å². The Morgan fingerprint density at radius 1 is 0.821 bits per heavy atom. The van der Waals surface area contributed by atoms with Crippen molar-refractivity contribution in [3.8, 4) is 0 Å². The average Bonchev–Trinajstić information content (AvgIpc) is 2.86. The van der Waals surface area contributed by atoms with Crippen LogP contribution in [0.2, 0.25) is 0 Å². The second-order valence-corrected chi connectivity index (χ2v) is 7.25. The minimum absolute atomic E-state index is 0. The average molecular weight is 391 g/mol. The molecule has 3 aromatic rings. The van der Waals surface area contributed by atoms with Crippen LogP contribution in [0.1, 0.15) is 41.1 Å². The van der Waals surface area contributed by atoms with E-state index in [1.807, 2.05) is 0 Å². The van der Waals surface area contributed by atoms with E-state index in [-0.39, 0.29) is 18.4 Å². The SMILES string of the molecule is CN1Cc2ccccc2C(c2ccccc2)N=C1CCCc1ccccc1.Cl. The molecule has 0 radical (unpaired) electrons. The van der Waals surface area contributed by atoms with Crippen LogP contribution in [0.5, 0.6) is 0 Å². The summed E-state index contributed by atoms with van der Waals surface area (Å²) in [6, 6.07) is 30.2. The van der Waals surface area contributed by atoms with Gasteiger partial charge in [0.05, 0.1) is 0 Å². The van der Waals surface area contributed by atoms with Crippen molar-refractivity contribution in [2.45, 2.75) is 31.8 Å². The highest BCUT2D eigenvalue weighted by Crippen LogP contribution is 2.32. The first-order valence-corrected chi connectivity index (χ1v) is 9.76. The molecule has 0 aliphatic carbocycles. The van der Waals surface area contributed by atoms with Crippen molar-refractivity contribution in [3.05, 3.63) is 107 Å². The van der Waals surface area contributed by atoms with E-state index >= 15 is 0 Å². The molecular weight excluding hydrogens is 364 g/mol. The molecule has 0 spiro atoms. The van der Waals surface area contributed by atoms with Gasteiger partial charge in [0.2, 0.25) is 0 Å². The molecule has 3 aromatic carbocycles. The van der Waals surface area contributed by atoms with E-state index in [1.54, 1.807) is 0 Å². The Labute approximate surface area is 174 Å². The molecule has 0 N–H and O–H groups in total. The van der Waals surface area contributed by atoms with Crippen LogP contribution in [0.25, 0.3) is 0 Å². The zero-order chi connectivity index (χ0) is 18.5. The highest BCUT2D eigenvalue weighted by Gasteiger charge is 2.22. The van der Waals surface area contributed by atoms with Gasteiger partial charge in [-0.3, -0.25) is 4.99 Å². The van der Waals surface area contributed by atoms with E-state index in [0.29, 0.717) is 0 Å². The second kappa shape index (κ2) is 9.57. The fourth-order valence-corrected chi connectivity index (χ4v) is 3.85. The fourth-order valence-electron chi connectivity index (χ4n) is 3.85. The zero-order valence-corrected chi connectivity index (χ0v) is 17.1. The van der Waals surface area contributed by atoms with Gasteiger partial charge < -0.3 is 4.90 Å². The van der Waals surface area contributed by atoms with Gasteiger partial charge in [0.1, 0.15) is 11.9 Å². The van der Waals surface area contributed by atoms with Gasteiger partial charge in [0.25, 0.3) is 0 Å². The van der Waals surface area contributed by atoms with Crippen LogP contribution < -0.4 is 0 Å². The van der Waals surface area contributed by atoms with E-state index in [9.17, 15) is 0 Å². The molecule has 1 aliphatic rings.